The van der Waals surface area contributed by atoms with Crippen LogP contribution in [0.5, 0.6) is 0 Å². The van der Waals surface area contributed by atoms with E-state index in [1.165, 1.54) is 0 Å². The molecule has 0 amide bonds. The molecule has 0 bridgehead atoms. The fraction of sp³-hybridized carbons (Fsp3) is 0.400. The molecule has 1 aromatic heterocycles. The van der Waals surface area contributed by atoms with Crippen LogP contribution in [0.15, 0.2) is 10.7 Å². The molecule has 0 N–H and O–H groups in total. The van der Waals surface area contributed by atoms with Gasteiger partial charge in [0.1, 0.15) is 5.82 Å². The molecule has 0 saturated carbocycles. The van der Waals surface area contributed by atoms with Gasteiger partial charge in [-0.05, 0) is 22.9 Å². The van der Waals surface area contributed by atoms with Gasteiger partial charge in [0.25, 0.3) is 6.43 Å². The number of rotatable bonds is 4. The monoisotopic (exact) mass is 311 g/mol. The number of aromatic nitrogens is 1. The predicted molar refractivity (Wildman–Crippen MR) is 57.2 cm³/mol. The fourth-order valence-electron chi connectivity index (χ4n) is 1.14. The lowest BCUT2D eigenvalue weighted by molar-refractivity contribution is -0.142. The molecule has 0 aliphatic rings. The van der Waals surface area contributed by atoms with Crippen molar-refractivity contribution in [3.05, 3.63) is 27.7 Å². The molecular weight excluding hydrogens is 303 g/mol. The Morgan fingerprint density at radius 3 is 2.76 bits per heavy atom. The first kappa shape index (κ1) is 14.0. The molecule has 0 fully saturated rings. The third-order valence-corrected chi connectivity index (χ3v) is 2.72. The van der Waals surface area contributed by atoms with Gasteiger partial charge < -0.3 is 4.74 Å². The molecule has 0 unspecified atom stereocenters. The van der Waals surface area contributed by atoms with E-state index in [0.29, 0.717) is 0 Å². The quantitative estimate of drug-likeness (QED) is 0.802. The lowest BCUT2D eigenvalue weighted by atomic mass is 10.2. The van der Waals surface area contributed by atoms with Crippen LogP contribution in [0.25, 0.3) is 0 Å². The summed E-state index contributed by atoms with van der Waals surface area (Å²) in [7, 11) is 0. The lowest BCUT2D eigenvalue weighted by Gasteiger charge is -2.07. The summed E-state index contributed by atoms with van der Waals surface area (Å²) in [6.45, 7) is 1.81. The number of carbonyl (C=O) groups excluding carboxylic acids is 1. The molecule has 94 valence electrons. The minimum absolute atomic E-state index is 0.0327. The predicted octanol–water partition coefficient (Wildman–Crippen LogP) is 3.03. The van der Waals surface area contributed by atoms with Crippen LogP contribution in [0.3, 0.4) is 0 Å². The third-order valence-electron chi connectivity index (χ3n) is 1.91. The van der Waals surface area contributed by atoms with E-state index in [2.05, 4.69) is 25.7 Å². The molecule has 0 radical (unpaired) electrons. The van der Waals surface area contributed by atoms with Crippen LogP contribution in [0, 0.1) is 5.82 Å². The number of pyridine rings is 1. The molecule has 0 aliphatic heterocycles. The van der Waals surface area contributed by atoms with Gasteiger partial charge in [0, 0.05) is 6.20 Å². The van der Waals surface area contributed by atoms with Crippen LogP contribution >= 0.6 is 15.9 Å². The Hall–Kier alpha value is -1.11. The lowest BCUT2D eigenvalue weighted by Crippen LogP contribution is -2.10. The first-order valence-electron chi connectivity index (χ1n) is 4.73. The smallest absolute Gasteiger partial charge is 0.311 e. The molecule has 17 heavy (non-hydrogen) atoms. The Morgan fingerprint density at radius 1 is 1.59 bits per heavy atom. The van der Waals surface area contributed by atoms with Gasteiger partial charge in [-0.3, -0.25) is 9.78 Å². The van der Waals surface area contributed by atoms with Crippen LogP contribution in [0.2, 0.25) is 0 Å². The summed E-state index contributed by atoms with van der Waals surface area (Å²) in [5, 5.41) is 0. The van der Waals surface area contributed by atoms with Gasteiger partial charge in [0.05, 0.1) is 28.8 Å². The number of esters is 1. The second-order valence-electron chi connectivity index (χ2n) is 3.07. The molecule has 1 aromatic rings. The number of carbonyl (C=O) groups is 1. The molecule has 0 saturated heterocycles. The Morgan fingerprint density at radius 2 is 2.24 bits per heavy atom. The Balaban J connectivity index is 2.96. The number of halogens is 4. The van der Waals surface area contributed by atoms with E-state index >= 15 is 0 Å². The minimum Gasteiger partial charge on any atom is -0.466 e. The van der Waals surface area contributed by atoms with Gasteiger partial charge in [-0.25, -0.2) is 13.2 Å². The highest BCUT2D eigenvalue weighted by Crippen LogP contribution is 2.28. The van der Waals surface area contributed by atoms with E-state index in [-0.39, 0.29) is 23.2 Å². The molecule has 3 nitrogen and oxygen atoms in total. The first-order chi connectivity index (χ1) is 7.97. The standard InChI is InChI=1S/C10H9BrF3NO2/c1-2-17-7(16)3-6-8(11)9(12)5(4-15-6)10(13)14/h4,10H,2-3H2,1H3. The van der Waals surface area contributed by atoms with Gasteiger partial charge in [-0.1, -0.05) is 0 Å². The first-order valence-corrected chi connectivity index (χ1v) is 5.53. The van der Waals surface area contributed by atoms with Crippen LogP contribution in [0.4, 0.5) is 13.2 Å². The maximum Gasteiger partial charge on any atom is 0.311 e. The zero-order chi connectivity index (χ0) is 13.0. The van der Waals surface area contributed by atoms with Crippen LogP contribution in [-0.4, -0.2) is 17.6 Å². The van der Waals surface area contributed by atoms with E-state index in [1.54, 1.807) is 6.92 Å². The average Bonchev–Trinajstić information content (AvgIpc) is 2.25. The van der Waals surface area contributed by atoms with Gasteiger partial charge >= 0.3 is 5.97 Å². The Bertz CT molecular complexity index is 426. The van der Waals surface area contributed by atoms with Crippen molar-refractivity contribution in [2.24, 2.45) is 0 Å². The Kier molecular flexibility index (Phi) is 4.92. The molecule has 0 atom stereocenters. The highest BCUT2D eigenvalue weighted by Gasteiger charge is 2.20. The third kappa shape index (κ3) is 3.42. The van der Waals surface area contributed by atoms with E-state index in [0.717, 1.165) is 6.20 Å². The van der Waals surface area contributed by atoms with Crippen molar-refractivity contribution in [2.45, 2.75) is 19.8 Å². The van der Waals surface area contributed by atoms with Crippen molar-refractivity contribution in [3.63, 3.8) is 0 Å². The zero-order valence-electron chi connectivity index (χ0n) is 8.84. The van der Waals surface area contributed by atoms with Crippen molar-refractivity contribution in [1.29, 1.82) is 0 Å². The molecule has 1 heterocycles. The van der Waals surface area contributed by atoms with Gasteiger partial charge in [0.15, 0.2) is 0 Å². The molecule has 1 rings (SSSR count). The SMILES string of the molecule is CCOC(=O)Cc1ncc(C(F)F)c(F)c1Br. The topological polar surface area (TPSA) is 39.2 Å². The summed E-state index contributed by atoms with van der Waals surface area (Å²) in [5.41, 5.74) is -0.769. The summed E-state index contributed by atoms with van der Waals surface area (Å²) in [6.07, 6.45) is -2.50. The highest BCUT2D eigenvalue weighted by molar-refractivity contribution is 9.10. The Labute approximate surface area is 104 Å². The molecule has 0 aromatic carbocycles. The highest BCUT2D eigenvalue weighted by atomic mass is 79.9. The number of ether oxygens (including phenoxy) is 1. The summed E-state index contributed by atoms with van der Waals surface area (Å²) >= 11 is 2.80. The van der Waals surface area contributed by atoms with E-state index < -0.39 is 23.8 Å². The number of alkyl halides is 2. The summed E-state index contributed by atoms with van der Waals surface area (Å²) in [4.78, 5) is 14.8. The largest absolute Gasteiger partial charge is 0.466 e. The maximum atomic E-state index is 13.4. The van der Waals surface area contributed by atoms with Crippen molar-refractivity contribution < 1.29 is 22.7 Å². The molecular formula is C10H9BrF3NO2. The second-order valence-corrected chi connectivity index (χ2v) is 3.86. The van der Waals surface area contributed by atoms with E-state index in [9.17, 15) is 18.0 Å². The number of nitrogens with zero attached hydrogens (tertiary/aromatic N) is 1. The summed E-state index contributed by atoms with van der Waals surface area (Å²) < 4.78 is 42.5. The van der Waals surface area contributed by atoms with Gasteiger partial charge in [-0.15, -0.1) is 0 Å². The van der Waals surface area contributed by atoms with Crippen molar-refractivity contribution >= 4 is 21.9 Å². The average molecular weight is 312 g/mol. The van der Waals surface area contributed by atoms with Crippen molar-refractivity contribution in [3.8, 4) is 0 Å². The minimum atomic E-state index is -2.95. The van der Waals surface area contributed by atoms with Gasteiger partial charge in [-0.2, -0.15) is 0 Å². The van der Waals surface area contributed by atoms with E-state index in [4.69, 9.17) is 0 Å². The van der Waals surface area contributed by atoms with Crippen molar-refractivity contribution in [2.75, 3.05) is 6.61 Å². The normalized spacial score (nSPS) is 10.7. The fourth-order valence-corrected chi connectivity index (χ4v) is 1.61. The second kappa shape index (κ2) is 6.00. The van der Waals surface area contributed by atoms with Crippen molar-refractivity contribution in [1.82, 2.24) is 4.98 Å². The zero-order valence-corrected chi connectivity index (χ0v) is 10.4. The van der Waals surface area contributed by atoms with Gasteiger partial charge in [0.2, 0.25) is 0 Å². The molecule has 0 spiro atoms. The number of hydrogen-bond donors (Lipinski definition) is 0. The van der Waals surface area contributed by atoms with Crippen LogP contribution < -0.4 is 0 Å². The van der Waals surface area contributed by atoms with Crippen LogP contribution in [-0.2, 0) is 16.0 Å². The van der Waals surface area contributed by atoms with E-state index in [1.807, 2.05) is 0 Å². The molecule has 7 heteroatoms. The summed E-state index contributed by atoms with van der Waals surface area (Å²) in [5.74, 6) is -1.70. The molecule has 0 aliphatic carbocycles. The number of hydrogen-bond acceptors (Lipinski definition) is 3. The maximum absolute atomic E-state index is 13.4. The summed E-state index contributed by atoms with van der Waals surface area (Å²) in [6, 6.07) is 0. The van der Waals surface area contributed by atoms with Crippen LogP contribution in [0.1, 0.15) is 24.6 Å².